The molecule has 0 bridgehead atoms. The number of aliphatic hydroxyl groups excluding tert-OH is 1. The number of ketones is 2. The Labute approximate surface area is 247 Å². The molecule has 2 heterocycles. The molecule has 1 unspecified atom stereocenters. The molecule has 5 saturated carbocycles. The molecule has 0 amide bonds. The standard InChI is InChI=1S/C34H54N2O5/c1-32-13-12-24(37)18-23(32)10-11-25-26-19-29-34(33(26,2)20-27(38)30(25)32,41-31(40-29)22-8-5-4-6-9-22)28(39)21-36-15-7-14-35(3)16-17-36/h22-23,25-27,29-31,38H,4-21H2,1-3H3/t23?,25-,26-,27-,29+,30+,31+,32-,33-,34+/m0/s1. The van der Waals surface area contributed by atoms with E-state index in [1.165, 1.54) is 19.3 Å². The Balaban J connectivity index is 1.21. The van der Waals surface area contributed by atoms with Crippen LogP contribution in [0.5, 0.6) is 0 Å². The summed E-state index contributed by atoms with van der Waals surface area (Å²) in [5, 5.41) is 12.1. The Morgan fingerprint density at radius 3 is 2.63 bits per heavy atom. The quantitative estimate of drug-likeness (QED) is 0.535. The van der Waals surface area contributed by atoms with Crippen molar-refractivity contribution in [1.29, 1.82) is 0 Å². The lowest BCUT2D eigenvalue weighted by Gasteiger charge is -2.62. The minimum Gasteiger partial charge on any atom is -0.393 e. The fourth-order valence-electron chi connectivity index (χ4n) is 11.6. The van der Waals surface area contributed by atoms with Gasteiger partial charge < -0.3 is 19.5 Å². The van der Waals surface area contributed by atoms with Gasteiger partial charge in [-0.1, -0.05) is 33.1 Å². The lowest BCUT2D eigenvalue weighted by Crippen LogP contribution is -2.65. The molecule has 7 rings (SSSR count). The van der Waals surface area contributed by atoms with Gasteiger partial charge >= 0.3 is 0 Å². The van der Waals surface area contributed by atoms with E-state index in [1.807, 2.05) is 0 Å². The van der Waals surface area contributed by atoms with Crippen LogP contribution in [0, 0.1) is 40.4 Å². The van der Waals surface area contributed by atoms with E-state index in [0.717, 1.165) is 71.1 Å². The Bertz CT molecular complexity index is 1030. The van der Waals surface area contributed by atoms with Crippen LogP contribution in [0.25, 0.3) is 0 Å². The Hall–Kier alpha value is -0.860. The summed E-state index contributed by atoms with van der Waals surface area (Å²) in [6, 6.07) is 0. The van der Waals surface area contributed by atoms with Crippen molar-refractivity contribution in [3.63, 3.8) is 0 Å². The molecule has 1 N–H and O–H groups in total. The van der Waals surface area contributed by atoms with Crippen LogP contribution in [0.2, 0.25) is 0 Å². The molecule has 0 aromatic carbocycles. The first-order chi connectivity index (χ1) is 19.7. The van der Waals surface area contributed by atoms with Crippen LogP contribution in [-0.4, -0.2) is 90.3 Å². The van der Waals surface area contributed by atoms with Crippen molar-refractivity contribution in [3.05, 3.63) is 0 Å². The van der Waals surface area contributed by atoms with Crippen molar-refractivity contribution in [2.24, 2.45) is 40.4 Å². The predicted molar refractivity (Wildman–Crippen MR) is 156 cm³/mol. The second-order valence-corrected chi connectivity index (χ2v) is 15.8. The topological polar surface area (TPSA) is 79.3 Å². The smallest absolute Gasteiger partial charge is 0.181 e. The zero-order valence-electron chi connectivity index (χ0n) is 25.8. The first kappa shape index (κ1) is 28.9. The number of nitrogens with zero attached hydrogens (tertiary/aromatic N) is 2. The molecule has 5 aliphatic carbocycles. The van der Waals surface area contributed by atoms with Crippen molar-refractivity contribution < 1.29 is 24.2 Å². The number of hydrogen-bond acceptors (Lipinski definition) is 7. The molecule has 0 spiro atoms. The normalized spacial score (nSPS) is 49.6. The highest BCUT2D eigenvalue weighted by Gasteiger charge is 2.76. The molecule has 41 heavy (non-hydrogen) atoms. The molecule has 0 aromatic heterocycles. The molecule has 7 fully saturated rings. The number of ether oxygens (including phenoxy) is 2. The van der Waals surface area contributed by atoms with E-state index >= 15 is 0 Å². The molecule has 2 aliphatic heterocycles. The van der Waals surface area contributed by atoms with E-state index in [4.69, 9.17) is 9.47 Å². The highest BCUT2D eigenvalue weighted by atomic mass is 16.7. The zero-order chi connectivity index (χ0) is 28.6. The van der Waals surface area contributed by atoms with Gasteiger partial charge in [-0.05, 0) is 101 Å². The molecule has 7 heteroatoms. The third kappa shape index (κ3) is 4.45. The van der Waals surface area contributed by atoms with E-state index in [1.54, 1.807) is 0 Å². The van der Waals surface area contributed by atoms with Gasteiger partial charge in [0.15, 0.2) is 17.7 Å². The monoisotopic (exact) mass is 570 g/mol. The first-order valence-electron chi connectivity index (χ1n) is 17.1. The highest BCUT2D eigenvalue weighted by molar-refractivity contribution is 5.92. The fourth-order valence-corrected chi connectivity index (χ4v) is 11.6. The summed E-state index contributed by atoms with van der Waals surface area (Å²) in [4.78, 5) is 31.9. The third-order valence-electron chi connectivity index (χ3n) is 13.8. The molecule has 230 valence electrons. The second kappa shape index (κ2) is 10.6. The average Bonchev–Trinajstić information content (AvgIpc) is 3.36. The molecule has 7 nitrogen and oxygen atoms in total. The first-order valence-corrected chi connectivity index (χ1v) is 17.1. The molecule has 10 atom stereocenters. The van der Waals surface area contributed by atoms with Crippen LogP contribution in [0.4, 0.5) is 0 Å². The highest BCUT2D eigenvalue weighted by Crippen LogP contribution is 2.70. The lowest BCUT2D eigenvalue weighted by atomic mass is 9.43. The molecule has 0 aromatic rings. The Morgan fingerprint density at radius 2 is 1.83 bits per heavy atom. The summed E-state index contributed by atoms with van der Waals surface area (Å²) in [7, 11) is 2.17. The SMILES string of the molecule is CN1CCCN(CC(=O)[C@@]23O[C@H](C4CCCCC4)O[C@@H]2C[C@H]2[C@@H]4CCC5CC(=O)CC[C@]5(C)[C@H]4[C@@H](O)C[C@@]23C)CC1. The zero-order valence-corrected chi connectivity index (χ0v) is 25.8. The number of hydrogen-bond donors (Lipinski definition) is 1. The molecular formula is C34H54N2O5. The van der Waals surface area contributed by atoms with Crippen molar-refractivity contribution in [2.45, 2.75) is 121 Å². The molecule has 7 aliphatic rings. The van der Waals surface area contributed by atoms with Crippen LogP contribution < -0.4 is 0 Å². The van der Waals surface area contributed by atoms with E-state index in [2.05, 4.69) is 30.7 Å². The summed E-state index contributed by atoms with van der Waals surface area (Å²) in [6.07, 6.45) is 11.8. The number of aliphatic hydroxyl groups is 1. The number of Topliss-reactive ketones (excluding diaryl/α,β-unsaturated/α-hetero) is 2. The maximum Gasteiger partial charge on any atom is 0.181 e. The van der Waals surface area contributed by atoms with Gasteiger partial charge in [0.2, 0.25) is 0 Å². The minimum atomic E-state index is -0.982. The largest absolute Gasteiger partial charge is 0.393 e. The fraction of sp³-hybridized carbons (Fsp3) is 0.941. The van der Waals surface area contributed by atoms with Gasteiger partial charge in [0.1, 0.15) is 5.78 Å². The number of likely N-dealkylation sites (N-methyl/N-ethyl adjacent to an activating group) is 1. The van der Waals surface area contributed by atoms with Crippen LogP contribution in [0.1, 0.15) is 97.3 Å². The Morgan fingerprint density at radius 1 is 1.02 bits per heavy atom. The van der Waals surface area contributed by atoms with Gasteiger partial charge in [-0.25, -0.2) is 0 Å². The van der Waals surface area contributed by atoms with Gasteiger partial charge in [0.25, 0.3) is 0 Å². The Kier molecular flexibility index (Phi) is 7.50. The number of rotatable bonds is 4. The van der Waals surface area contributed by atoms with Gasteiger partial charge in [-0.3, -0.25) is 14.5 Å². The predicted octanol–water partition coefficient (Wildman–Crippen LogP) is 4.45. The summed E-state index contributed by atoms with van der Waals surface area (Å²) in [5.74, 6) is 2.17. The summed E-state index contributed by atoms with van der Waals surface area (Å²) >= 11 is 0. The van der Waals surface area contributed by atoms with E-state index in [0.29, 0.717) is 55.3 Å². The molecular weight excluding hydrogens is 516 g/mol. The van der Waals surface area contributed by atoms with Gasteiger partial charge in [0, 0.05) is 37.3 Å². The number of carbonyl (C=O) groups is 2. The maximum atomic E-state index is 14.8. The van der Waals surface area contributed by atoms with E-state index < -0.39 is 17.1 Å². The maximum absolute atomic E-state index is 14.8. The molecule has 2 saturated heterocycles. The molecule has 0 radical (unpaired) electrons. The summed E-state index contributed by atoms with van der Waals surface area (Å²) in [6.45, 7) is 8.97. The average molecular weight is 571 g/mol. The second-order valence-electron chi connectivity index (χ2n) is 15.8. The van der Waals surface area contributed by atoms with Crippen molar-refractivity contribution in [2.75, 3.05) is 39.8 Å². The van der Waals surface area contributed by atoms with Gasteiger partial charge in [-0.2, -0.15) is 0 Å². The number of carbonyl (C=O) groups excluding carboxylic acids is 2. The van der Waals surface area contributed by atoms with Gasteiger partial charge in [-0.15, -0.1) is 0 Å². The van der Waals surface area contributed by atoms with Crippen LogP contribution in [-0.2, 0) is 19.1 Å². The third-order valence-corrected chi connectivity index (χ3v) is 13.8. The number of fused-ring (bicyclic) bond motifs is 7. The van der Waals surface area contributed by atoms with Crippen LogP contribution in [0.15, 0.2) is 0 Å². The van der Waals surface area contributed by atoms with E-state index in [-0.39, 0.29) is 29.5 Å². The van der Waals surface area contributed by atoms with Crippen LogP contribution in [0.3, 0.4) is 0 Å². The van der Waals surface area contributed by atoms with Crippen molar-refractivity contribution >= 4 is 11.6 Å². The minimum absolute atomic E-state index is 0.00310. The van der Waals surface area contributed by atoms with Crippen molar-refractivity contribution in [3.8, 4) is 0 Å². The lowest BCUT2D eigenvalue weighted by molar-refractivity contribution is -0.221. The van der Waals surface area contributed by atoms with E-state index in [9.17, 15) is 14.7 Å². The summed E-state index contributed by atoms with van der Waals surface area (Å²) in [5.41, 5.74) is -1.43. The summed E-state index contributed by atoms with van der Waals surface area (Å²) < 4.78 is 14.1. The van der Waals surface area contributed by atoms with Gasteiger partial charge in [0.05, 0.1) is 18.8 Å². The van der Waals surface area contributed by atoms with Crippen molar-refractivity contribution in [1.82, 2.24) is 9.80 Å². The van der Waals surface area contributed by atoms with Crippen LogP contribution >= 0.6 is 0 Å².